The molecule has 3 aromatic rings. The van der Waals surface area contributed by atoms with E-state index >= 15 is 0 Å². The molecule has 4 N–H and O–H groups in total. The maximum atomic E-state index is 13.8. The second kappa shape index (κ2) is 7.76. The number of carbonyl (C=O) groups is 1. The number of amides is 1. The van der Waals surface area contributed by atoms with Crippen LogP contribution in [0.1, 0.15) is 28.2 Å². The van der Waals surface area contributed by atoms with Crippen molar-refractivity contribution < 1.29 is 22.4 Å². The number of nitrogens with two attached hydrogens (primary N) is 2. The van der Waals surface area contributed by atoms with Crippen molar-refractivity contribution in [3.8, 4) is 0 Å². The number of hydrogen-bond donors (Lipinski definition) is 2. The number of carbonyl (C=O) groups excluding carboxylic acids is 1. The fourth-order valence-electron chi connectivity index (χ4n) is 3.54. The first-order valence-corrected chi connectivity index (χ1v) is 9.46. The zero-order chi connectivity index (χ0) is 22.3. The second-order valence-electron chi connectivity index (χ2n) is 7.37. The van der Waals surface area contributed by atoms with E-state index in [1.165, 1.54) is 18.5 Å². The Morgan fingerprint density at radius 1 is 1.23 bits per heavy atom. The minimum atomic E-state index is -4.53. The van der Waals surface area contributed by atoms with Crippen molar-refractivity contribution in [2.75, 3.05) is 18.0 Å². The Hall–Kier alpha value is -3.28. The van der Waals surface area contributed by atoms with Crippen molar-refractivity contribution in [1.82, 2.24) is 19.5 Å². The molecule has 2 aromatic heterocycles. The summed E-state index contributed by atoms with van der Waals surface area (Å²) in [6.07, 6.45) is -2.98. The topological polar surface area (TPSA) is 116 Å². The van der Waals surface area contributed by atoms with Crippen molar-refractivity contribution >= 4 is 22.9 Å². The van der Waals surface area contributed by atoms with Crippen molar-refractivity contribution in [3.63, 3.8) is 0 Å². The van der Waals surface area contributed by atoms with Gasteiger partial charge in [0.15, 0.2) is 0 Å². The van der Waals surface area contributed by atoms with Gasteiger partial charge in [0.25, 0.3) is 5.91 Å². The minimum Gasteiger partial charge on any atom is -0.364 e. The molecule has 1 aromatic carbocycles. The molecule has 8 nitrogen and oxygen atoms in total. The predicted octanol–water partition coefficient (Wildman–Crippen LogP) is 1.87. The molecule has 0 spiro atoms. The van der Waals surface area contributed by atoms with Crippen LogP contribution in [0.5, 0.6) is 0 Å². The molecule has 31 heavy (non-hydrogen) atoms. The van der Waals surface area contributed by atoms with Crippen LogP contribution in [-0.4, -0.2) is 50.7 Å². The van der Waals surface area contributed by atoms with Crippen molar-refractivity contribution in [3.05, 3.63) is 47.5 Å². The maximum Gasteiger partial charge on any atom is 0.416 e. The van der Waals surface area contributed by atoms with Crippen molar-refractivity contribution in [2.24, 2.45) is 11.5 Å². The lowest BCUT2D eigenvalue weighted by atomic mass is 10.1. The van der Waals surface area contributed by atoms with E-state index in [1.807, 2.05) is 0 Å². The summed E-state index contributed by atoms with van der Waals surface area (Å²) in [6.45, 7) is 0.517. The van der Waals surface area contributed by atoms with Gasteiger partial charge in [0.05, 0.1) is 47.3 Å². The van der Waals surface area contributed by atoms with Gasteiger partial charge in [0.2, 0.25) is 5.95 Å². The lowest BCUT2D eigenvalue weighted by molar-refractivity contribution is -0.137. The summed E-state index contributed by atoms with van der Waals surface area (Å²) in [6, 6.07) is 2.54. The first kappa shape index (κ1) is 21.0. The van der Waals surface area contributed by atoms with Gasteiger partial charge in [-0.05, 0) is 24.6 Å². The van der Waals surface area contributed by atoms with Gasteiger partial charge in [0.1, 0.15) is 11.9 Å². The molecule has 0 aliphatic carbocycles. The molecule has 1 fully saturated rings. The van der Waals surface area contributed by atoms with Crippen LogP contribution < -0.4 is 16.4 Å². The van der Waals surface area contributed by atoms with E-state index < -0.39 is 29.9 Å². The zero-order valence-electron chi connectivity index (χ0n) is 16.2. The lowest BCUT2D eigenvalue weighted by Crippen LogP contribution is -2.50. The molecule has 1 aliphatic heterocycles. The summed E-state index contributed by atoms with van der Waals surface area (Å²) in [5.41, 5.74) is 11.1. The Morgan fingerprint density at radius 3 is 2.61 bits per heavy atom. The van der Waals surface area contributed by atoms with Crippen LogP contribution >= 0.6 is 0 Å². The SMILES string of the molecule is NC(=O)c1cnc(Cn2c(N3CC[C@H](F)[C@H](N)C3)nc3ccc(C(F)(F)F)cc32)cn1. The average molecular weight is 437 g/mol. The zero-order valence-corrected chi connectivity index (χ0v) is 16.2. The molecule has 4 rings (SSSR count). The molecule has 0 saturated carbocycles. The van der Waals surface area contributed by atoms with Gasteiger partial charge in [0, 0.05) is 13.1 Å². The first-order chi connectivity index (χ1) is 14.6. The number of rotatable bonds is 4. The summed E-state index contributed by atoms with van der Waals surface area (Å²) in [4.78, 5) is 25.5. The van der Waals surface area contributed by atoms with E-state index in [9.17, 15) is 22.4 Å². The Bertz CT molecular complexity index is 1110. The third-order valence-corrected chi connectivity index (χ3v) is 5.19. The summed E-state index contributed by atoms with van der Waals surface area (Å²) in [5.74, 6) is -0.386. The molecule has 0 radical (unpaired) electrons. The third kappa shape index (κ3) is 4.15. The van der Waals surface area contributed by atoms with Gasteiger partial charge in [-0.3, -0.25) is 9.78 Å². The van der Waals surface area contributed by atoms with E-state index in [2.05, 4.69) is 15.0 Å². The van der Waals surface area contributed by atoms with Gasteiger partial charge in [-0.1, -0.05) is 0 Å². The Labute approximate surface area is 173 Å². The Kier molecular flexibility index (Phi) is 5.25. The number of piperidine rings is 1. The summed E-state index contributed by atoms with van der Waals surface area (Å²) in [7, 11) is 0. The normalized spacial score (nSPS) is 19.7. The van der Waals surface area contributed by atoms with E-state index in [1.54, 1.807) is 9.47 Å². The monoisotopic (exact) mass is 437 g/mol. The lowest BCUT2D eigenvalue weighted by Gasteiger charge is -2.34. The quantitative estimate of drug-likeness (QED) is 0.602. The molecular weight excluding hydrogens is 418 g/mol. The highest BCUT2D eigenvalue weighted by molar-refractivity contribution is 5.90. The highest BCUT2D eigenvalue weighted by atomic mass is 19.4. The average Bonchev–Trinajstić information content (AvgIpc) is 3.07. The van der Waals surface area contributed by atoms with Gasteiger partial charge < -0.3 is 20.9 Å². The molecule has 3 heterocycles. The molecule has 1 amide bonds. The molecule has 2 atom stereocenters. The fourth-order valence-corrected chi connectivity index (χ4v) is 3.54. The Balaban J connectivity index is 1.79. The van der Waals surface area contributed by atoms with Gasteiger partial charge in [-0.2, -0.15) is 13.2 Å². The van der Waals surface area contributed by atoms with Gasteiger partial charge in [-0.25, -0.2) is 14.4 Å². The number of imidazole rings is 1. The standard InChI is InChI=1S/C19H19F4N7O/c20-12-3-4-29(9-13(12)24)18-28-14-2-1-10(19(21,22)23)5-16(14)30(18)8-11-6-27-15(7-26-11)17(25)31/h1-2,5-7,12-13H,3-4,8-9,24H2,(H2,25,31)/t12-,13+/m0/s1. The largest absolute Gasteiger partial charge is 0.416 e. The number of hydrogen-bond acceptors (Lipinski definition) is 6. The number of primary amides is 1. The van der Waals surface area contributed by atoms with Crippen LogP contribution in [0.2, 0.25) is 0 Å². The van der Waals surface area contributed by atoms with Crippen LogP contribution in [0, 0.1) is 0 Å². The number of anilines is 1. The summed E-state index contributed by atoms with van der Waals surface area (Å²) in [5, 5.41) is 0. The smallest absolute Gasteiger partial charge is 0.364 e. The highest BCUT2D eigenvalue weighted by Crippen LogP contribution is 2.33. The number of halogens is 4. The summed E-state index contributed by atoms with van der Waals surface area (Å²) < 4.78 is 55.3. The van der Waals surface area contributed by atoms with E-state index in [4.69, 9.17) is 11.5 Å². The number of benzene rings is 1. The van der Waals surface area contributed by atoms with E-state index in [0.717, 1.165) is 12.1 Å². The van der Waals surface area contributed by atoms with Crippen LogP contribution in [0.4, 0.5) is 23.5 Å². The van der Waals surface area contributed by atoms with Crippen LogP contribution in [0.15, 0.2) is 30.6 Å². The minimum absolute atomic E-state index is 0.0317. The van der Waals surface area contributed by atoms with Gasteiger partial charge >= 0.3 is 6.18 Å². The molecular formula is C19H19F4N7O. The molecule has 12 heteroatoms. The third-order valence-electron chi connectivity index (χ3n) is 5.19. The number of fused-ring (bicyclic) bond motifs is 1. The van der Waals surface area contributed by atoms with Crippen LogP contribution in [0.25, 0.3) is 11.0 Å². The van der Waals surface area contributed by atoms with Crippen molar-refractivity contribution in [2.45, 2.75) is 31.4 Å². The summed E-state index contributed by atoms with van der Waals surface area (Å²) >= 11 is 0. The van der Waals surface area contributed by atoms with Gasteiger partial charge in [-0.15, -0.1) is 0 Å². The predicted molar refractivity (Wildman–Crippen MR) is 104 cm³/mol. The molecule has 0 unspecified atom stereocenters. The van der Waals surface area contributed by atoms with Crippen LogP contribution in [-0.2, 0) is 12.7 Å². The second-order valence-corrected chi connectivity index (χ2v) is 7.37. The molecule has 164 valence electrons. The number of aromatic nitrogens is 4. The van der Waals surface area contributed by atoms with E-state index in [-0.39, 0.29) is 30.7 Å². The van der Waals surface area contributed by atoms with E-state index in [0.29, 0.717) is 23.7 Å². The molecule has 1 aliphatic rings. The molecule has 0 bridgehead atoms. The maximum absolute atomic E-state index is 13.8. The number of nitrogens with zero attached hydrogens (tertiary/aromatic N) is 5. The highest BCUT2D eigenvalue weighted by Gasteiger charge is 2.33. The number of alkyl halides is 4. The fraction of sp³-hybridized carbons (Fsp3) is 0.368. The Morgan fingerprint density at radius 2 is 2.00 bits per heavy atom. The first-order valence-electron chi connectivity index (χ1n) is 9.46. The van der Waals surface area contributed by atoms with Crippen molar-refractivity contribution in [1.29, 1.82) is 0 Å². The van der Waals surface area contributed by atoms with Crippen LogP contribution in [0.3, 0.4) is 0 Å². The molecule has 1 saturated heterocycles.